The van der Waals surface area contributed by atoms with Crippen molar-refractivity contribution in [1.29, 1.82) is 0 Å². The van der Waals surface area contributed by atoms with Crippen molar-refractivity contribution < 1.29 is 9.59 Å². The highest BCUT2D eigenvalue weighted by atomic mass is 16.1. The Kier molecular flexibility index (Phi) is 3.25. The van der Waals surface area contributed by atoms with E-state index in [0.29, 0.717) is 17.3 Å². The van der Waals surface area contributed by atoms with Gasteiger partial charge < -0.3 is 4.79 Å². The molecule has 2 fully saturated rings. The smallest absolute Gasteiger partial charge is 0.150 e. The van der Waals surface area contributed by atoms with Gasteiger partial charge in [0.1, 0.15) is 12.6 Å². The van der Waals surface area contributed by atoms with Gasteiger partial charge in [0.25, 0.3) is 0 Å². The Morgan fingerprint density at radius 2 is 2.09 bits per heavy atom. The number of hydrogen-bond donors (Lipinski definition) is 0. The lowest BCUT2D eigenvalue weighted by molar-refractivity contribution is -0.111. The van der Waals surface area contributed by atoms with E-state index in [-0.39, 0.29) is 5.92 Å². The summed E-state index contributed by atoms with van der Waals surface area (Å²) in [4.78, 5) is 22.3. The molecule has 2 saturated carbocycles. The predicted molar refractivity (Wildman–Crippen MR) is 86.0 cm³/mol. The second-order valence-corrected chi connectivity index (χ2v) is 8.02. The summed E-state index contributed by atoms with van der Waals surface area (Å²) in [5, 5.41) is 0. The third kappa shape index (κ3) is 2.00. The normalized spacial score (nSPS) is 39.5. The second-order valence-electron chi connectivity index (χ2n) is 8.02. The molecule has 0 radical (unpaired) electrons. The molecular formula is C20H24O2. The van der Waals surface area contributed by atoms with E-state index < -0.39 is 0 Å². The van der Waals surface area contributed by atoms with Gasteiger partial charge in [-0.15, -0.1) is 0 Å². The molecule has 0 aromatic heterocycles. The molecule has 3 aliphatic carbocycles. The largest absolute Gasteiger partial charge is 0.303 e. The molecule has 2 nitrogen and oxygen atoms in total. The first-order valence-electron chi connectivity index (χ1n) is 8.68. The van der Waals surface area contributed by atoms with E-state index in [2.05, 4.69) is 19.1 Å². The molecule has 22 heavy (non-hydrogen) atoms. The highest BCUT2D eigenvalue weighted by Crippen LogP contribution is 2.61. The zero-order valence-electron chi connectivity index (χ0n) is 13.3. The molecule has 5 atom stereocenters. The monoisotopic (exact) mass is 296 g/mol. The van der Waals surface area contributed by atoms with Gasteiger partial charge in [0.2, 0.25) is 0 Å². The van der Waals surface area contributed by atoms with Crippen LogP contribution < -0.4 is 0 Å². The Balaban J connectivity index is 1.68. The summed E-state index contributed by atoms with van der Waals surface area (Å²) in [6, 6.07) is 6.27. The molecule has 0 aliphatic heterocycles. The van der Waals surface area contributed by atoms with Gasteiger partial charge in [-0.25, -0.2) is 0 Å². The van der Waals surface area contributed by atoms with Crippen molar-refractivity contribution in [3.8, 4) is 0 Å². The quantitative estimate of drug-likeness (QED) is 0.768. The van der Waals surface area contributed by atoms with Crippen molar-refractivity contribution in [3.05, 3.63) is 34.9 Å². The molecule has 0 heterocycles. The van der Waals surface area contributed by atoms with Gasteiger partial charge in [0.15, 0.2) is 0 Å². The van der Waals surface area contributed by atoms with Crippen molar-refractivity contribution in [2.75, 3.05) is 0 Å². The first kappa shape index (κ1) is 14.2. The van der Waals surface area contributed by atoms with Crippen LogP contribution in [0.2, 0.25) is 0 Å². The molecule has 3 aliphatic rings. The molecule has 0 N–H and O–H groups in total. The number of benzene rings is 1. The van der Waals surface area contributed by atoms with Crippen molar-refractivity contribution >= 4 is 12.6 Å². The number of fused-ring (bicyclic) bond motifs is 5. The van der Waals surface area contributed by atoms with E-state index in [1.54, 1.807) is 0 Å². The van der Waals surface area contributed by atoms with Crippen LogP contribution in [0, 0.1) is 23.2 Å². The lowest BCUT2D eigenvalue weighted by Crippen LogP contribution is -2.39. The maximum absolute atomic E-state index is 11.3. The Bertz CT molecular complexity index is 620. The Hall–Kier alpha value is -1.44. The van der Waals surface area contributed by atoms with E-state index in [1.165, 1.54) is 36.7 Å². The SMILES string of the molecule is C[C@]12CC[C@@H]3c4ccc(C=O)cc4CC[C@H]3[C@@H]1C[C@@H](C=O)C2. The van der Waals surface area contributed by atoms with Crippen LogP contribution in [0.4, 0.5) is 0 Å². The number of aldehydes is 2. The van der Waals surface area contributed by atoms with Crippen molar-refractivity contribution in [1.82, 2.24) is 0 Å². The summed E-state index contributed by atoms with van der Waals surface area (Å²) in [6.45, 7) is 2.42. The van der Waals surface area contributed by atoms with Gasteiger partial charge in [-0.1, -0.05) is 19.1 Å². The van der Waals surface area contributed by atoms with E-state index in [0.717, 1.165) is 37.0 Å². The van der Waals surface area contributed by atoms with E-state index in [1.807, 2.05) is 6.07 Å². The summed E-state index contributed by atoms with van der Waals surface area (Å²) >= 11 is 0. The van der Waals surface area contributed by atoms with Crippen molar-refractivity contribution in [3.63, 3.8) is 0 Å². The molecule has 116 valence electrons. The van der Waals surface area contributed by atoms with E-state index in [9.17, 15) is 9.59 Å². The average molecular weight is 296 g/mol. The number of hydrogen-bond acceptors (Lipinski definition) is 2. The van der Waals surface area contributed by atoms with Gasteiger partial charge in [-0.3, -0.25) is 4.79 Å². The van der Waals surface area contributed by atoms with Gasteiger partial charge in [-0.05, 0) is 78.9 Å². The first-order valence-corrected chi connectivity index (χ1v) is 8.68. The first-order chi connectivity index (χ1) is 10.6. The molecular weight excluding hydrogens is 272 g/mol. The van der Waals surface area contributed by atoms with Crippen molar-refractivity contribution in [2.24, 2.45) is 23.2 Å². The number of carbonyl (C=O) groups excluding carboxylic acids is 2. The number of aryl methyl sites for hydroxylation is 1. The fourth-order valence-electron chi connectivity index (χ4n) is 5.89. The third-order valence-electron chi connectivity index (χ3n) is 6.88. The highest BCUT2D eigenvalue weighted by molar-refractivity contribution is 5.75. The summed E-state index contributed by atoms with van der Waals surface area (Å²) in [7, 11) is 0. The van der Waals surface area contributed by atoms with Crippen LogP contribution >= 0.6 is 0 Å². The number of rotatable bonds is 2. The maximum Gasteiger partial charge on any atom is 0.150 e. The summed E-state index contributed by atoms with van der Waals surface area (Å²) in [6.07, 6.45) is 9.17. The zero-order valence-corrected chi connectivity index (χ0v) is 13.3. The van der Waals surface area contributed by atoms with Crippen LogP contribution in [0.3, 0.4) is 0 Å². The topological polar surface area (TPSA) is 34.1 Å². The van der Waals surface area contributed by atoms with E-state index in [4.69, 9.17) is 0 Å². The molecule has 0 spiro atoms. The third-order valence-corrected chi connectivity index (χ3v) is 6.88. The molecule has 0 saturated heterocycles. The molecule has 4 rings (SSSR count). The predicted octanol–water partition coefficient (Wildman–Crippen LogP) is 4.17. The standard InChI is InChI=1S/C20H24O2/c1-20-7-6-17-16-4-2-13(11-21)8-15(16)3-5-18(17)19(20)9-14(10-20)12-22/h2,4,8,11-12,14,17-19H,3,5-7,9-10H2,1H3/t14-,17-,18-,19+,20-/m1/s1. The fourth-order valence-corrected chi connectivity index (χ4v) is 5.89. The second kappa shape index (κ2) is 5.04. The van der Waals surface area contributed by atoms with Crippen LogP contribution in [-0.2, 0) is 11.2 Å². The highest BCUT2D eigenvalue weighted by Gasteiger charge is 2.52. The minimum Gasteiger partial charge on any atom is -0.303 e. The Morgan fingerprint density at radius 3 is 2.86 bits per heavy atom. The van der Waals surface area contributed by atoms with Crippen LogP contribution in [0.25, 0.3) is 0 Å². The number of carbonyl (C=O) groups is 2. The molecule has 2 heteroatoms. The minimum absolute atomic E-state index is 0.285. The molecule has 1 aromatic rings. The van der Waals surface area contributed by atoms with Crippen LogP contribution in [-0.4, -0.2) is 12.6 Å². The molecule has 0 amide bonds. The van der Waals surface area contributed by atoms with Crippen LogP contribution in [0.15, 0.2) is 18.2 Å². The zero-order chi connectivity index (χ0) is 15.3. The van der Waals surface area contributed by atoms with Gasteiger partial charge >= 0.3 is 0 Å². The van der Waals surface area contributed by atoms with E-state index >= 15 is 0 Å². The Labute approximate surface area is 132 Å². The fraction of sp³-hybridized carbons (Fsp3) is 0.600. The minimum atomic E-state index is 0.285. The maximum atomic E-state index is 11.3. The molecule has 0 unspecified atom stereocenters. The average Bonchev–Trinajstić information content (AvgIpc) is 2.90. The molecule has 0 bridgehead atoms. The van der Waals surface area contributed by atoms with Gasteiger partial charge in [0, 0.05) is 11.5 Å². The lowest BCUT2D eigenvalue weighted by atomic mass is 9.56. The van der Waals surface area contributed by atoms with Crippen LogP contribution in [0.5, 0.6) is 0 Å². The van der Waals surface area contributed by atoms with Crippen LogP contribution in [0.1, 0.15) is 66.4 Å². The molecule has 1 aromatic carbocycles. The van der Waals surface area contributed by atoms with Crippen molar-refractivity contribution in [2.45, 2.75) is 51.4 Å². The summed E-state index contributed by atoms with van der Waals surface area (Å²) in [5.41, 5.74) is 4.06. The lowest BCUT2D eigenvalue weighted by Gasteiger charge is -2.49. The summed E-state index contributed by atoms with van der Waals surface area (Å²) < 4.78 is 0. The van der Waals surface area contributed by atoms with Gasteiger partial charge in [0.05, 0.1) is 0 Å². The Morgan fingerprint density at radius 1 is 1.23 bits per heavy atom. The summed E-state index contributed by atoms with van der Waals surface area (Å²) in [5.74, 6) is 2.37. The van der Waals surface area contributed by atoms with Gasteiger partial charge in [-0.2, -0.15) is 0 Å².